The maximum atomic E-state index is 12.3. The molecule has 0 spiro atoms. The van der Waals surface area contributed by atoms with Gasteiger partial charge >= 0.3 is 6.03 Å². The molecule has 0 aliphatic carbocycles. The van der Waals surface area contributed by atoms with Crippen LogP contribution in [0, 0.1) is 0 Å². The van der Waals surface area contributed by atoms with Crippen molar-refractivity contribution < 1.29 is 14.4 Å². The van der Waals surface area contributed by atoms with Gasteiger partial charge in [0.1, 0.15) is 0 Å². The SMILES string of the molecule is CC(C)(C)c1ccc(C(=O)NCC(=O)NCc2cccc(NC(=O)N3CCCC3)c2)cc1. The van der Waals surface area contributed by atoms with E-state index in [9.17, 15) is 14.4 Å². The van der Waals surface area contributed by atoms with Crippen molar-refractivity contribution in [1.29, 1.82) is 0 Å². The third kappa shape index (κ3) is 6.57. The fraction of sp³-hybridized carbons (Fsp3) is 0.400. The number of carbonyl (C=O) groups excluding carboxylic acids is 3. The molecule has 0 radical (unpaired) electrons. The molecule has 3 rings (SSSR count). The zero-order chi connectivity index (χ0) is 23.1. The van der Waals surface area contributed by atoms with Gasteiger partial charge in [0.15, 0.2) is 0 Å². The molecule has 7 nitrogen and oxygen atoms in total. The molecular formula is C25H32N4O3. The van der Waals surface area contributed by atoms with Crippen molar-refractivity contribution in [3.05, 3.63) is 65.2 Å². The Balaban J connectivity index is 1.44. The summed E-state index contributed by atoms with van der Waals surface area (Å²) in [4.78, 5) is 38.5. The highest BCUT2D eigenvalue weighted by Gasteiger charge is 2.18. The zero-order valence-electron chi connectivity index (χ0n) is 19.0. The molecule has 1 aliphatic rings. The number of urea groups is 1. The van der Waals surface area contributed by atoms with Crippen molar-refractivity contribution in [2.75, 3.05) is 25.0 Å². The summed E-state index contributed by atoms with van der Waals surface area (Å²) < 4.78 is 0. The fourth-order valence-electron chi connectivity index (χ4n) is 3.53. The quantitative estimate of drug-likeness (QED) is 0.645. The summed E-state index contributed by atoms with van der Waals surface area (Å²) in [6, 6.07) is 14.7. The number of amides is 4. The monoisotopic (exact) mass is 436 g/mol. The predicted octanol–water partition coefficient (Wildman–Crippen LogP) is 3.66. The number of benzene rings is 2. The van der Waals surface area contributed by atoms with E-state index in [0.29, 0.717) is 17.8 Å². The molecule has 7 heteroatoms. The molecule has 0 atom stereocenters. The Morgan fingerprint density at radius 1 is 0.938 bits per heavy atom. The highest BCUT2D eigenvalue weighted by Crippen LogP contribution is 2.22. The van der Waals surface area contributed by atoms with Crippen LogP contribution < -0.4 is 16.0 Å². The van der Waals surface area contributed by atoms with Crippen molar-refractivity contribution in [3.8, 4) is 0 Å². The lowest BCUT2D eigenvalue weighted by atomic mass is 9.87. The van der Waals surface area contributed by atoms with Crippen LogP contribution in [0.1, 0.15) is 55.1 Å². The Hall–Kier alpha value is -3.35. The minimum atomic E-state index is -0.285. The van der Waals surface area contributed by atoms with Gasteiger partial charge in [-0.3, -0.25) is 9.59 Å². The number of anilines is 1. The summed E-state index contributed by atoms with van der Waals surface area (Å²) in [6.07, 6.45) is 2.08. The van der Waals surface area contributed by atoms with E-state index in [-0.39, 0.29) is 29.8 Å². The van der Waals surface area contributed by atoms with E-state index < -0.39 is 0 Å². The summed E-state index contributed by atoms with van der Waals surface area (Å²) in [5, 5.41) is 8.34. The second kappa shape index (κ2) is 10.3. The Bertz CT molecular complexity index is 958. The van der Waals surface area contributed by atoms with E-state index in [1.165, 1.54) is 0 Å². The average molecular weight is 437 g/mol. The van der Waals surface area contributed by atoms with Crippen molar-refractivity contribution in [3.63, 3.8) is 0 Å². The molecule has 170 valence electrons. The lowest BCUT2D eigenvalue weighted by molar-refractivity contribution is -0.120. The van der Waals surface area contributed by atoms with Gasteiger partial charge < -0.3 is 20.9 Å². The minimum absolute atomic E-state index is 0.0170. The Labute approximate surface area is 189 Å². The van der Waals surface area contributed by atoms with E-state index >= 15 is 0 Å². The van der Waals surface area contributed by atoms with Crippen LogP contribution in [0.2, 0.25) is 0 Å². The van der Waals surface area contributed by atoms with Gasteiger partial charge in [-0.1, -0.05) is 45.0 Å². The molecule has 4 amide bonds. The second-order valence-electron chi connectivity index (χ2n) is 9.11. The van der Waals surface area contributed by atoms with Gasteiger partial charge in [-0.05, 0) is 53.6 Å². The van der Waals surface area contributed by atoms with E-state index in [4.69, 9.17) is 0 Å². The molecule has 0 saturated carbocycles. The molecule has 2 aromatic rings. The van der Waals surface area contributed by atoms with Gasteiger partial charge in [0, 0.05) is 30.9 Å². The number of rotatable bonds is 6. The summed E-state index contributed by atoms with van der Waals surface area (Å²) >= 11 is 0. The number of nitrogens with one attached hydrogen (secondary N) is 3. The maximum Gasteiger partial charge on any atom is 0.321 e. The largest absolute Gasteiger partial charge is 0.350 e. The van der Waals surface area contributed by atoms with Gasteiger partial charge in [0.2, 0.25) is 5.91 Å². The standard InChI is InChI=1S/C25H32N4O3/c1-25(2,3)20-11-9-19(10-12-20)23(31)27-17-22(30)26-16-18-7-6-8-21(15-18)28-24(32)29-13-4-5-14-29/h6-12,15H,4-5,13-14,16-17H2,1-3H3,(H,26,30)(H,27,31)(H,28,32). The highest BCUT2D eigenvalue weighted by molar-refractivity contribution is 5.96. The van der Waals surface area contributed by atoms with Crippen molar-refractivity contribution in [2.24, 2.45) is 0 Å². The summed E-state index contributed by atoms with van der Waals surface area (Å²) in [6.45, 7) is 8.12. The van der Waals surface area contributed by atoms with Gasteiger partial charge in [-0.15, -0.1) is 0 Å². The number of likely N-dealkylation sites (tertiary alicyclic amines) is 1. The summed E-state index contributed by atoms with van der Waals surface area (Å²) in [5.74, 6) is -0.566. The average Bonchev–Trinajstić information content (AvgIpc) is 3.31. The Morgan fingerprint density at radius 2 is 1.62 bits per heavy atom. The number of carbonyl (C=O) groups is 3. The molecule has 0 unspecified atom stereocenters. The molecule has 2 aromatic carbocycles. The third-order valence-electron chi connectivity index (χ3n) is 5.48. The van der Waals surface area contributed by atoms with E-state index in [1.807, 2.05) is 36.4 Å². The number of hydrogen-bond acceptors (Lipinski definition) is 3. The van der Waals surface area contributed by atoms with Crippen molar-refractivity contribution in [2.45, 2.75) is 45.6 Å². The topological polar surface area (TPSA) is 90.5 Å². The van der Waals surface area contributed by atoms with Crippen LogP contribution in [0.3, 0.4) is 0 Å². The molecule has 1 saturated heterocycles. The predicted molar refractivity (Wildman–Crippen MR) is 126 cm³/mol. The highest BCUT2D eigenvalue weighted by atomic mass is 16.2. The van der Waals surface area contributed by atoms with Crippen LogP contribution in [-0.4, -0.2) is 42.4 Å². The lowest BCUT2D eigenvalue weighted by Crippen LogP contribution is -2.36. The third-order valence-corrected chi connectivity index (χ3v) is 5.48. The van der Waals surface area contributed by atoms with Crippen molar-refractivity contribution >= 4 is 23.5 Å². The molecule has 32 heavy (non-hydrogen) atoms. The van der Waals surface area contributed by atoms with Crippen LogP contribution in [0.15, 0.2) is 48.5 Å². The van der Waals surface area contributed by atoms with E-state index in [2.05, 4.69) is 36.7 Å². The zero-order valence-corrected chi connectivity index (χ0v) is 19.0. The summed E-state index contributed by atoms with van der Waals surface area (Å²) in [7, 11) is 0. The van der Waals surface area contributed by atoms with Gasteiger partial charge in [-0.2, -0.15) is 0 Å². The number of nitrogens with zero attached hydrogens (tertiary/aromatic N) is 1. The minimum Gasteiger partial charge on any atom is -0.350 e. The molecule has 1 fully saturated rings. The Morgan fingerprint density at radius 3 is 2.28 bits per heavy atom. The first kappa shape index (κ1) is 23.3. The van der Waals surface area contributed by atoms with E-state index in [0.717, 1.165) is 37.1 Å². The van der Waals surface area contributed by atoms with Crippen molar-refractivity contribution in [1.82, 2.24) is 15.5 Å². The van der Waals surface area contributed by atoms with Gasteiger partial charge in [0.05, 0.1) is 6.54 Å². The first-order valence-corrected chi connectivity index (χ1v) is 11.0. The van der Waals surface area contributed by atoms with Crippen LogP contribution in [-0.2, 0) is 16.8 Å². The van der Waals surface area contributed by atoms with Gasteiger partial charge in [0.25, 0.3) is 5.91 Å². The van der Waals surface area contributed by atoms with Crippen LogP contribution in [0.4, 0.5) is 10.5 Å². The van der Waals surface area contributed by atoms with Crippen LogP contribution >= 0.6 is 0 Å². The van der Waals surface area contributed by atoms with Gasteiger partial charge in [-0.25, -0.2) is 4.79 Å². The molecule has 1 aliphatic heterocycles. The molecule has 0 aromatic heterocycles. The Kier molecular flexibility index (Phi) is 7.51. The maximum absolute atomic E-state index is 12.3. The molecule has 0 bridgehead atoms. The first-order chi connectivity index (χ1) is 15.2. The van der Waals surface area contributed by atoms with Crippen LogP contribution in [0.25, 0.3) is 0 Å². The normalized spacial score (nSPS) is 13.5. The van der Waals surface area contributed by atoms with Crippen LogP contribution in [0.5, 0.6) is 0 Å². The second-order valence-corrected chi connectivity index (χ2v) is 9.11. The first-order valence-electron chi connectivity index (χ1n) is 11.0. The molecule has 1 heterocycles. The molecular weight excluding hydrogens is 404 g/mol. The fourth-order valence-corrected chi connectivity index (χ4v) is 3.53. The summed E-state index contributed by atoms with van der Waals surface area (Å²) in [5.41, 5.74) is 3.24. The van der Waals surface area contributed by atoms with E-state index in [1.54, 1.807) is 17.0 Å². The number of hydrogen-bond donors (Lipinski definition) is 3. The smallest absolute Gasteiger partial charge is 0.321 e. The molecule has 3 N–H and O–H groups in total. The lowest BCUT2D eigenvalue weighted by Gasteiger charge is -2.19.